The first-order chi connectivity index (χ1) is 18.1. The quantitative estimate of drug-likeness (QED) is 0.171. The SMILES string of the molecule is COc1ccnc(C(=O)N[C@](C)(C(=O)OOc2cccc(Cl)c2)C(C)CC2CCCC2)c1OCOC(C)=O. The van der Waals surface area contributed by atoms with Gasteiger partial charge >= 0.3 is 11.9 Å². The molecule has 1 amide bonds. The smallest absolute Gasteiger partial charge is 0.380 e. The number of nitrogens with one attached hydrogen (secondary N) is 1. The van der Waals surface area contributed by atoms with Gasteiger partial charge in [0.05, 0.1) is 7.11 Å². The normalized spacial score (nSPS) is 15.6. The summed E-state index contributed by atoms with van der Waals surface area (Å²) in [5.41, 5.74) is -1.64. The molecule has 1 saturated carbocycles. The maximum atomic E-state index is 13.5. The molecule has 0 radical (unpaired) electrons. The molecule has 1 aromatic carbocycles. The Bertz CT molecular complexity index is 1140. The number of rotatable bonds is 12. The number of nitrogens with zero attached hydrogens (tertiary/aromatic N) is 1. The Morgan fingerprint density at radius 2 is 1.95 bits per heavy atom. The summed E-state index contributed by atoms with van der Waals surface area (Å²) >= 11 is 5.99. The lowest BCUT2D eigenvalue weighted by Gasteiger charge is -2.34. The molecule has 1 unspecified atom stereocenters. The first-order valence-electron chi connectivity index (χ1n) is 12.4. The van der Waals surface area contributed by atoms with E-state index in [1.165, 1.54) is 32.4 Å². The van der Waals surface area contributed by atoms with Crippen molar-refractivity contribution in [2.24, 2.45) is 11.8 Å². The second-order valence-corrected chi connectivity index (χ2v) is 9.88. The Morgan fingerprint density at radius 1 is 1.21 bits per heavy atom. The van der Waals surface area contributed by atoms with E-state index in [4.69, 9.17) is 35.6 Å². The van der Waals surface area contributed by atoms with Gasteiger partial charge in [0.25, 0.3) is 5.91 Å². The van der Waals surface area contributed by atoms with Crippen molar-refractivity contribution in [1.29, 1.82) is 0 Å². The highest BCUT2D eigenvalue weighted by atomic mass is 35.5. The van der Waals surface area contributed by atoms with Crippen LogP contribution in [0.25, 0.3) is 0 Å². The van der Waals surface area contributed by atoms with Gasteiger partial charge < -0.3 is 19.5 Å². The molecule has 38 heavy (non-hydrogen) atoms. The van der Waals surface area contributed by atoms with E-state index in [0.29, 0.717) is 17.4 Å². The number of methoxy groups -OCH3 is 1. The summed E-state index contributed by atoms with van der Waals surface area (Å²) in [5.74, 6) is -1.55. The third kappa shape index (κ3) is 7.50. The molecule has 1 aliphatic carbocycles. The number of aromatic nitrogens is 1. The zero-order valence-electron chi connectivity index (χ0n) is 22.0. The van der Waals surface area contributed by atoms with Crippen LogP contribution in [0.1, 0.15) is 63.4 Å². The van der Waals surface area contributed by atoms with E-state index >= 15 is 0 Å². The molecule has 2 aromatic rings. The number of benzene rings is 1. The van der Waals surface area contributed by atoms with Crippen molar-refractivity contribution in [2.45, 2.75) is 58.4 Å². The Morgan fingerprint density at radius 3 is 2.61 bits per heavy atom. The molecule has 1 fully saturated rings. The zero-order valence-corrected chi connectivity index (χ0v) is 22.7. The Balaban J connectivity index is 1.85. The fraction of sp³-hybridized carbons (Fsp3) is 0.481. The molecule has 0 aliphatic heterocycles. The fourth-order valence-electron chi connectivity index (χ4n) is 4.41. The lowest BCUT2D eigenvalue weighted by Crippen LogP contribution is -2.58. The summed E-state index contributed by atoms with van der Waals surface area (Å²) in [6.45, 7) is 4.25. The van der Waals surface area contributed by atoms with E-state index in [2.05, 4.69) is 10.3 Å². The second-order valence-electron chi connectivity index (χ2n) is 9.44. The van der Waals surface area contributed by atoms with Gasteiger partial charge in [0.1, 0.15) is 5.54 Å². The van der Waals surface area contributed by atoms with E-state index < -0.39 is 30.2 Å². The zero-order chi connectivity index (χ0) is 27.7. The summed E-state index contributed by atoms with van der Waals surface area (Å²) in [6, 6.07) is 7.89. The fourth-order valence-corrected chi connectivity index (χ4v) is 4.59. The molecular weight excluding hydrogens is 516 g/mol. The van der Waals surface area contributed by atoms with Crippen molar-refractivity contribution in [3.05, 3.63) is 47.2 Å². The average Bonchev–Trinajstić information content (AvgIpc) is 3.40. The summed E-state index contributed by atoms with van der Waals surface area (Å²) < 4.78 is 15.6. The van der Waals surface area contributed by atoms with Gasteiger partial charge in [0, 0.05) is 30.3 Å². The van der Waals surface area contributed by atoms with Crippen LogP contribution in [0.4, 0.5) is 0 Å². The number of hydrogen-bond donors (Lipinski definition) is 1. The maximum absolute atomic E-state index is 13.5. The Kier molecular flexibility index (Phi) is 10.2. The molecular formula is C27H33ClN2O8. The molecule has 0 saturated heterocycles. The lowest BCUT2D eigenvalue weighted by molar-refractivity contribution is -0.222. The molecule has 10 nitrogen and oxygen atoms in total. The number of ether oxygens (including phenoxy) is 3. The van der Waals surface area contributed by atoms with Gasteiger partial charge in [-0.15, -0.1) is 0 Å². The van der Waals surface area contributed by atoms with E-state index in [1.54, 1.807) is 25.1 Å². The number of halogens is 1. The molecule has 0 bridgehead atoms. The van der Waals surface area contributed by atoms with E-state index in [0.717, 1.165) is 25.7 Å². The maximum Gasteiger partial charge on any atom is 0.380 e. The van der Waals surface area contributed by atoms with E-state index in [1.807, 2.05) is 6.92 Å². The third-order valence-electron chi connectivity index (χ3n) is 6.72. The van der Waals surface area contributed by atoms with Gasteiger partial charge in [-0.3, -0.25) is 14.5 Å². The molecule has 3 rings (SSSR count). The molecule has 0 spiro atoms. The number of carbonyl (C=O) groups excluding carboxylic acids is 3. The lowest BCUT2D eigenvalue weighted by atomic mass is 9.80. The Hall–Kier alpha value is -3.53. The summed E-state index contributed by atoms with van der Waals surface area (Å²) in [5, 5.41) is 3.21. The van der Waals surface area contributed by atoms with Crippen molar-refractivity contribution in [3.63, 3.8) is 0 Å². The summed E-state index contributed by atoms with van der Waals surface area (Å²) in [4.78, 5) is 52.7. The molecule has 1 aliphatic rings. The average molecular weight is 549 g/mol. The van der Waals surface area contributed by atoms with Gasteiger partial charge in [-0.1, -0.05) is 50.3 Å². The first-order valence-corrected chi connectivity index (χ1v) is 12.8. The van der Waals surface area contributed by atoms with Gasteiger partial charge in [0.2, 0.25) is 6.79 Å². The van der Waals surface area contributed by atoms with E-state index in [9.17, 15) is 14.4 Å². The highest BCUT2D eigenvalue weighted by Gasteiger charge is 2.45. The van der Waals surface area contributed by atoms with Crippen LogP contribution in [-0.4, -0.2) is 42.3 Å². The van der Waals surface area contributed by atoms with E-state index in [-0.39, 0.29) is 28.9 Å². The van der Waals surface area contributed by atoms with Crippen molar-refractivity contribution in [1.82, 2.24) is 10.3 Å². The second kappa shape index (κ2) is 13.3. The van der Waals surface area contributed by atoms with Gasteiger partial charge in [-0.25, -0.2) is 14.7 Å². The Labute approximate surface area is 226 Å². The molecule has 1 N–H and O–H groups in total. The minimum absolute atomic E-state index is 0.0388. The van der Waals surface area contributed by atoms with Gasteiger partial charge in [-0.05, 0) is 37.3 Å². The number of amides is 1. The molecule has 2 atom stereocenters. The van der Waals surface area contributed by atoms with Crippen molar-refractivity contribution in [2.75, 3.05) is 13.9 Å². The molecule has 1 aromatic heterocycles. The van der Waals surface area contributed by atoms with Crippen LogP contribution in [0.5, 0.6) is 17.2 Å². The van der Waals surface area contributed by atoms with Crippen molar-refractivity contribution < 1.29 is 38.4 Å². The predicted molar refractivity (Wildman–Crippen MR) is 138 cm³/mol. The highest BCUT2D eigenvalue weighted by molar-refractivity contribution is 6.30. The van der Waals surface area contributed by atoms with Gasteiger partial charge in [-0.2, -0.15) is 0 Å². The van der Waals surface area contributed by atoms with Crippen LogP contribution in [-0.2, 0) is 19.2 Å². The minimum Gasteiger partial charge on any atom is -0.493 e. The standard InChI is InChI=1S/C27H33ClN2O8/c1-17(14-19-8-5-6-9-19)27(3,26(33)38-37-21-11-7-10-20(28)15-21)30-25(32)23-24(36-16-35-18(2)31)22(34-4)12-13-29-23/h7,10-13,15,17,19H,5-6,8-9,14,16H2,1-4H3,(H,30,32)/t17?,27-/m0/s1. The van der Waals surface area contributed by atoms with Crippen molar-refractivity contribution >= 4 is 29.4 Å². The predicted octanol–water partition coefficient (Wildman–Crippen LogP) is 4.89. The first kappa shape index (κ1) is 29.0. The number of hydrogen-bond acceptors (Lipinski definition) is 9. The largest absolute Gasteiger partial charge is 0.493 e. The molecule has 206 valence electrons. The summed E-state index contributed by atoms with van der Waals surface area (Å²) in [7, 11) is 1.40. The third-order valence-corrected chi connectivity index (χ3v) is 6.96. The van der Waals surface area contributed by atoms with Crippen LogP contribution in [0, 0.1) is 11.8 Å². The monoisotopic (exact) mass is 548 g/mol. The number of esters is 1. The van der Waals surface area contributed by atoms with Crippen LogP contribution >= 0.6 is 11.6 Å². The number of carbonyl (C=O) groups is 3. The number of pyridine rings is 1. The molecule has 11 heteroatoms. The topological polar surface area (TPSA) is 122 Å². The van der Waals surface area contributed by atoms with Crippen LogP contribution in [0.2, 0.25) is 5.02 Å². The van der Waals surface area contributed by atoms with Crippen LogP contribution < -0.4 is 19.7 Å². The van der Waals surface area contributed by atoms with Crippen LogP contribution in [0.15, 0.2) is 36.5 Å². The highest BCUT2D eigenvalue weighted by Crippen LogP contribution is 2.36. The van der Waals surface area contributed by atoms with Crippen LogP contribution in [0.3, 0.4) is 0 Å². The van der Waals surface area contributed by atoms with Crippen molar-refractivity contribution in [3.8, 4) is 17.2 Å². The molecule has 1 heterocycles. The minimum atomic E-state index is -1.49. The summed E-state index contributed by atoms with van der Waals surface area (Å²) in [6.07, 6.45) is 6.47. The van der Waals surface area contributed by atoms with Gasteiger partial charge in [0.15, 0.2) is 22.9 Å².